The first kappa shape index (κ1) is 13.8. The first-order chi connectivity index (χ1) is 10.0. The van der Waals surface area contributed by atoms with Gasteiger partial charge in [-0.25, -0.2) is 4.79 Å². The van der Waals surface area contributed by atoms with Gasteiger partial charge in [0, 0.05) is 26.7 Å². The van der Waals surface area contributed by atoms with Crippen molar-refractivity contribution in [3.05, 3.63) is 23.8 Å². The molecule has 1 aromatic carbocycles. The summed E-state index contributed by atoms with van der Waals surface area (Å²) in [5.41, 5.74) is -0.351. The first-order valence-electron chi connectivity index (χ1n) is 6.63. The number of rotatable bonds is 4. The summed E-state index contributed by atoms with van der Waals surface area (Å²) >= 11 is 0. The number of hydrogen-bond donors (Lipinski definition) is 2. The van der Waals surface area contributed by atoms with E-state index in [1.807, 2.05) is 0 Å². The number of anilines is 1. The average Bonchev–Trinajstić information content (AvgIpc) is 2.42. The number of nitrogens with zero attached hydrogens (tertiary/aromatic N) is 1. The molecule has 2 aliphatic rings. The van der Waals surface area contributed by atoms with E-state index in [1.165, 1.54) is 12.1 Å². The molecule has 0 aliphatic carbocycles. The number of likely N-dealkylation sites (tertiary alicyclic amines) is 1. The van der Waals surface area contributed by atoms with E-state index in [0.29, 0.717) is 31.1 Å². The Kier molecular flexibility index (Phi) is 3.30. The molecule has 0 aromatic heterocycles. The zero-order chi connectivity index (χ0) is 15.0. The molecular formula is C14H16N2O5. The van der Waals surface area contributed by atoms with E-state index in [-0.39, 0.29) is 11.5 Å². The molecule has 1 fully saturated rings. The third-order valence-electron chi connectivity index (χ3n) is 3.76. The van der Waals surface area contributed by atoms with Crippen LogP contribution in [0, 0.1) is 0 Å². The highest BCUT2D eigenvalue weighted by atomic mass is 16.5. The molecule has 112 valence electrons. The molecule has 2 heterocycles. The Balaban J connectivity index is 1.75. The van der Waals surface area contributed by atoms with E-state index in [9.17, 15) is 9.59 Å². The fourth-order valence-corrected chi connectivity index (χ4v) is 2.61. The molecule has 21 heavy (non-hydrogen) atoms. The smallest absolute Gasteiger partial charge is 0.335 e. The van der Waals surface area contributed by atoms with E-state index in [4.69, 9.17) is 14.6 Å². The van der Waals surface area contributed by atoms with Gasteiger partial charge in [-0.15, -0.1) is 0 Å². The van der Waals surface area contributed by atoms with Gasteiger partial charge in [-0.3, -0.25) is 9.69 Å². The van der Waals surface area contributed by atoms with Crippen molar-refractivity contribution in [3.63, 3.8) is 0 Å². The van der Waals surface area contributed by atoms with Crippen molar-refractivity contribution >= 4 is 17.6 Å². The standard InChI is InChI=1S/C14H16N2O5/c1-20-5-4-16-7-14(8-16)13(19)15-10-6-9(12(17)18)2-3-11(10)21-14/h2-3,6H,4-5,7-8H2,1H3,(H,15,19)(H,17,18). The molecular weight excluding hydrogens is 276 g/mol. The molecule has 1 spiro atoms. The van der Waals surface area contributed by atoms with Gasteiger partial charge in [0.25, 0.3) is 5.91 Å². The zero-order valence-corrected chi connectivity index (χ0v) is 11.6. The van der Waals surface area contributed by atoms with Crippen molar-refractivity contribution in [2.45, 2.75) is 5.60 Å². The summed E-state index contributed by atoms with van der Waals surface area (Å²) in [4.78, 5) is 25.2. The minimum Gasteiger partial charge on any atom is -0.478 e. The Hall–Kier alpha value is -2.12. The summed E-state index contributed by atoms with van der Waals surface area (Å²) in [7, 11) is 1.63. The molecule has 7 heteroatoms. The zero-order valence-electron chi connectivity index (χ0n) is 11.6. The third-order valence-corrected chi connectivity index (χ3v) is 3.76. The van der Waals surface area contributed by atoms with Crippen LogP contribution in [0.1, 0.15) is 10.4 Å². The number of methoxy groups -OCH3 is 1. The first-order valence-corrected chi connectivity index (χ1v) is 6.63. The fourth-order valence-electron chi connectivity index (χ4n) is 2.61. The lowest BCUT2D eigenvalue weighted by Gasteiger charge is -2.50. The van der Waals surface area contributed by atoms with Crippen molar-refractivity contribution in [2.75, 3.05) is 38.7 Å². The van der Waals surface area contributed by atoms with Gasteiger partial charge in [-0.05, 0) is 18.2 Å². The van der Waals surface area contributed by atoms with E-state index in [0.717, 1.165) is 6.54 Å². The van der Waals surface area contributed by atoms with Crippen molar-refractivity contribution < 1.29 is 24.2 Å². The molecule has 1 aromatic rings. The molecule has 7 nitrogen and oxygen atoms in total. The molecule has 0 saturated carbocycles. The van der Waals surface area contributed by atoms with E-state index in [1.54, 1.807) is 13.2 Å². The molecule has 2 N–H and O–H groups in total. The van der Waals surface area contributed by atoms with Gasteiger partial charge in [-0.1, -0.05) is 0 Å². The van der Waals surface area contributed by atoms with Crippen molar-refractivity contribution in [1.29, 1.82) is 0 Å². The van der Waals surface area contributed by atoms with E-state index >= 15 is 0 Å². The maximum absolute atomic E-state index is 12.2. The van der Waals surface area contributed by atoms with Gasteiger partial charge in [0.1, 0.15) is 5.75 Å². The highest BCUT2D eigenvalue weighted by Crippen LogP contribution is 2.38. The Morgan fingerprint density at radius 3 is 2.95 bits per heavy atom. The van der Waals surface area contributed by atoms with Gasteiger partial charge in [-0.2, -0.15) is 0 Å². The Bertz CT molecular complexity index is 595. The summed E-state index contributed by atoms with van der Waals surface area (Å²) in [6.07, 6.45) is 0. The maximum atomic E-state index is 12.2. The number of fused-ring (bicyclic) bond motifs is 1. The van der Waals surface area contributed by atoms with Gasteiger partial charge in [0.2, 0.25) is 5.60 Å². The minimum atomic E-state index is -1.04. The number of amides is 1. The van der Waals surface area contributed by atoms with Crippen LogP contribution in [0.2, 0.25) is 0 Å². The van der Waals surface area contributed by atoms with E-state index < -0.39 is 11.6 Å². The van der Waals surface area contributed by atoms with Crippen LogP contribution in [0.3, 0.4) is 0 Å². The highest BCUT2D eigenvalue weighted by Gasteiger charge is 2.53. The van der Waals surface area contributed by atoms with Crippen LogP contribution < -0.4 is 10.1 Å². The summed E-state index contributed by atoms with van der Waals surface area (Å²) in [6, 6.07) is 4.45. The number of benzene rings is 1. The number of carboxylic acids is 1. The molecule has 0 unspecified atom stereocenters. The number of aromatic carboxylic acids is 1. The van der Waals surface area contributed by atoms with Gasteiger partial charge >= 0.3 is 5.97 Å². The summed E-state index contributed by atoms with van der Waals surface area (Å²) in [6.45, 7) is 2.36. The quantitative estimate of drug-likeness (QED) is 0.836. The average molecular weight is 292 g/mol. The monoisotopic (exact) mass is 292 g/mol. The van der Waals surface area contributed by atoms with Gasteiger partial charge in [0.05, 0.1) is 17.9 Å². The van der Waals surface area contributed by atoms with Crippen LogP contribution in [0.5, 0.6) is 5.75 Å². The summed E-state index contributed by atoms with van der Waals surface area (Å²) < 4.78 is 10.8. The lowest BCUT2D eigenvalue weighted by molar-refractivity contribution is -0.150. The topological polar surface area (TPSA) is 88.1 Å². The number of carboxylic acid groups (broad SMARTS) is 1. The fraction of sp³-hybridized carbons (Fsp3) is 0.429. The Morgan fingerprint density at radius 1 is 1.52 bits per heavy atom. The normalized spacial score (nSPS) is 19.4. The lowest BCUT2D eigenvalue weighted by Crippen LogP contribution is -2.71. The second kappa shape index (κ2) is 5.01. The molecule has 2 aliphatic heterocycles. The third kappa shape index (κ3) is 2.34. The molecule has 1 amide bonds. The molecule has 3 rings (SSSR count). The van der Waals surface area contributed by atoms with Crippen molar-refractivity contribution in [1.82, 2.24) is 4.90 Å². The van der Waals surface area contributed by atoms with Crippen LogP contribution >= 0.6 is 0 Å². The second-order valence-electron chi connectivity index (χ2n) is 5.27. The van der Waals surface area contributed by atoms with E-state index in [2.05, 4.69) is 10.2 Å². The van der Waals surface area contributed by atoms with Crippen molar-refractivity contribution in [3.8, 4) is 5.75 Å². The molecule has 0 radical (unpaired) electrons. The summed E-state index contributed by atoms with van der Waals surface area (Å²) in [5.74, 6) is -0.765. The number of carbonyl (C=O) groups excluding carboxylic acids is 1. The lowest BCUT2D eigenvalue weighted by atomic mass is 9.91. The highest BCUT2D eigenvalue weighted by molar-refractivity contribution is 6.03. The largest absolute Gasteiger partial charge is 0.478 e. The summed E-state index contributed by atoms with van der Waals surface area (Å²) in [5, 5.41) is 11.7. The predicted octanol–water partition coefficient (Wildman–Crippen LogP) is 0.416. The molecule has 0 atom stereocenters. The SMILES string of the molecule is COCCN1CC2(C1)Oc1ccc(C(=O)O)cc1NC2=O. The van der Waals surface area contributed by atoms with Gasteiger partial charge in [0.15, 0.2) is 0 Å². The van der Waals surface area contributed by atoms with Crippen LogP contribution in [0.25, 0.3) is 0 Å². The number of carbonyl (C=O) groups is 2. The van der Waals surface area contributed by atoms with Crippen molar-refractivity contribution in [2.24, 2.45) is 0 Å². The Morgan fingerprint density at radius 2 is 2.29 bits per heavy atom. The number of ether oxygens (including phenoxy) is 2. The van der Waals surface area contributed by atoms with Gasteiger partial charge < -0.3 is 19.9 Å². The van der Waals surface area contributed by atoms with Crippen LogP contribution in [-0.2, 0) is 9.53 Å². The number of hydrogen-bond acceptors (Lipinski definition) is 5. The van der Waals surface area contributed by atoms with Crippen LogP contribution in [0.4, 0.5) is 5.69 Å². The Labute approximate surface area is 121 Å². The molecule has 1 saturated heterocycles. The molecule has 0 bridgehead atoms. The van der Waals surface area contributed by atoms with Crippen LogP contribution in [-0.4, -0.2) is 60.8 Å². The van der Waals surface area contributed by atoms with Crippen LogP contribution in [0.15, 0.2) is 18.2 Å². The maximum Gasteiger partial charge on any atom is 0.335 e. The predicted molar refractivity (Wildman–Crippen MR) is 73.7 cm³/mol. The minimum absolute atomic E-state index is 0.115. The number of nitrogens with one attached hydrogen (secondary N) is 1. The second-order valence-corrected chi connectivity index (χ2v) is 5.27.